The summed E-state index contributed by atoms with van der Waals surface area (Å²) in [6.45, 7) is 0. The highest BCUT2D eigenvalue weighted by Gasteiger charge is 2.07. The minimum atomic E-state index is 0.636. The number of rotatable bonds is 0. The van der Waals surface area contributed by atoms with Crippen molar-refractivity contribution >= 4 is 39.9 Å². The average Bonchev–Trinajstić information content (AvgIpc) is 2.77. The summed E-state index contributed by atoms with van der Waals surface area (Å²) in [5.41, 5.74) is 3.27. The van der Waals surface area contributed by atoms with Gasteiger partial charge in [-0.3, -0.25) is 4.40 Å². The van der Waals surface area contributed by atoms with Crippen LogP contribution >= 0.6 is 12.2 Å². The Labute approximate surface area is 108 Å². The van der Waals surface area contributed by atoms with Crippen molar-refractivity contribution in [1.82, 2.24) is 14.4 Å². The number of hydrogen-bond donors (Lipinski definition) is 1. The molecule has 3 nitrogen and oxygen atoms in total. The molecule has 0 aliphatic carbocycles. The normalized spacial score (nSPS) is 11.6. The van der Waals surface area contributed by atoms with Gasteiger partial charge in [0.15, 0.2) is 0 Å². The molecule has 0 saturated carbocycles. The van der Waals surface area contributed by atoms with Crippen molar-refractivity contribution in [2.75, 3.05) is 0 Å². The summed E-state index contributed by atoms with van der Waals surface area (Å²) in [4.78, 5) is 7.76. The molecule has 0 aliphatic rings. The fourth-order valence-electron chi connectivity index (χ4n) is 2.39. The lowest BCUT2D eigenvalue weighted by Gasteiger charge is -2.02. The summed E-state index contributed by atoms with van der Waals surface area (Å²) >= 11 is 5.34. The zero-order valence-electron chi connectivity index (χ0n) is 9.42. The van der Waals surface area contributed by atoms with Gasteiger partial charge in [0.25, 0.3) is 0 Å². The van der Waals surface area contributed by atoms with E-state index in [2.05, 4.69) is 26.5 Å². The number of nitrogens with one attached hydrogen (secondary N) is 1. The van der Waals surface area contributed by atoms with Crippen molar-refractivity contribution in [3.05, 3.63) is 53.2 Å². The summed E-state index contributed by atoms with van der Waals surface area (Å²) in [5, 5.41) is 1.01. The molecule has 2 heterocycles. The molecule has 2 aromatic heterocycles. The van der Waals surface area contributed by atoms with Crippen molar-refractivity contribution in [3.8, 4) is 0 Å². The molecule has 2 aromatic carbocycles. The predicted octanol–water partition coefficient (Wildman–Crippen LogP) is 3.70. The number of nitrogens with zero attached hydrogens (tertiary/aromatic N) is 2. The van der Waals surface area contributed by atoms with Gasteiger partial charge in [0.2, 0.25) is 5.78 Å². The van der Waals surface area contributed by atoms with Crippen LogP contribution < -0.4 is 0 Å². The van der Waals surface area contributed by atoms with E-state index in [4.69, 9.17) is 12.2 Å². The number of aromatic amines is 1. The number of H-pyrrole nitrogens is 1. The van der Waals surface area contributed by atoms with Crippen LogP contribution in [-0.4, -0.2) is 14.4 Å². The summed E-state index contributed by atoms with van der Waals surface area (Å²) in [7, 11) is 0. The molecule has 4 aromatic rings. The monoisotopic (exact) mass is 251 g/mol. The van der Waals surface area contributed by atoms with Crippen LogP contribution in [0.1, 0.15) is 0 Å². The van der Waals surface area contributed by atoms with E-state index in [9.17, 15) is 0 Å². The maximum atomic E-state index is 5.34. The standard InChI is InChI=1S/C14H9N3S/c18-13-9-5-1-3-7-11(9)17-12-8-4-2-6-10(12)15-14(17)16-13/h1-8H,(H,15,16,18). The van der Waals surface area contributed by atoms with Crippen molar-refractivity contribution in [1.29, 1.82) is 0 Å². The first-order valence-electron chi connectivity index (χ1n) is 5.73. The minimum Gasteiger partial charge on any atom is -0.323 e. The largest absolute Gasteiger partial charge is 0.323 e. The molecule has 0 spiro atoms. The molecule has 86 valence electrons. The number of benzene rings is 2. The third kappa shape index (κ3) is 1.18. The van der Waals surface area contributed by atoms with Crippen molar-refractivity contribution in [2.45, 2.75) is 0 Å². The van der Waals surface area contributed by atoms with Gasteiger partial charge in [-0.05, 0) is 24.3 Å². The summed E-state index contributed by atoms with van der Waals surface area (Å²) < 4.78 is 2.75. The Morgan fingerprint density at radius 1 is 0.944 bits per heavy atom. The lowest BCUT2D eigenvalue weighted by molar-refractivity contribution is 1.18. The summed E-state index contributed by atoms with van der Waals surface area (Å²) in [6.07, 6.45) is 0. The number of para-hydroxylation sites is 3. The van der Waals surface area contributed by atoms with E-state index in [1.807, 2.05) is 36.4 Å². The second-order valence-corrected chi connectivity index (χ2v) is 4.62. The van der Waals surface area contributed by atoms with Crippen LogP contribution in [0.2, 0.25) is 0 Å². The molecule has 1 N–H and O–H groups in total. The van der Waals surface area contributed by atoms with Gasteiger partial charge in [0, 0.05) is 5.39 Å². The van der Waals surface area contributed by atoms with Crippen molar-refractivity contribution < 1.29 is 0 Å². The van der Waals surface area contributed by atoms with Crippen molar-refractivity contribution in [3.63, 3.8) is 0 Å². The van der Waals surface area contributed by atoms with E-state index < -0.39 is 0 Å². The highest BCUT2D eigenvalue weighted by Crippen LogP contribution is 2.22. The Balaban J connectivity index is 2.43. The molecule has 0 fully saturated rings. The van der Waals surface area contributed by atoms with E-state index in [0.29, 0.717) is 4.64 Å². The highest BCUT2D eigenvalue weighted by atomic mass is 32.1. The molecular formula is C14H9N3S. The van der Waals surface area contributed by atoms with Crippen LogP contribution in [-0.2, 0) is 0 Å². The summed E-state index contributed by atoms with van der Waals surface area (Å²) in [6, 6.07) is 16.2. The molecule has 0 atom stereocenters. The molecule has 0 amide bonds. The Kier molecular flexibility index (Phi) is 1.85. The van der Waals surface area contributed by atoms with Gasteiger partial charge in [-0.1, -0.05) is 36.5 Å². The zero-order valence-corrected chi connectivity index (χ0v) is 10.2. The van der Waals surface area contributed by atoms with Gasteiger partial charge in [0.1, 0.15) is 4.64 Å². The Morgan fingerprint density at radius 3 is 2.56 bits per heavy atom. The van der Waals surface area contributed by atoms with Gasteiger partial charge in [0.05, 0.1) is 16.6 Å². The molecule has 0 bridgehead atoms. The first-order valence-corrected chi connectivity index (χ1v) is 6.14. The van der Waals surface area contributed by atoms with E-state index in [0.717, 1.165) is 27.7 Å². The van der Waals surface area contributed by atoms with Crippen LogP contribution in [0.25, 0.3) is 27.7 Å². The third-order valence-electron chi connectivity index (χ3n) is 3.19. The highest BCUT2D eigenvalue weighted by molar-refractivity contribution is 7.71. The SMILES string of the molecule is S=c1nc2[nH]c3ccccc3n2c2ccccc12. The number of hydrogen-bond acceptors (Lipinski definition) is 2. The smallest absolute Gasteiger partial charge is 0.214 e. The topological polar surface area (TPSA) is 33.1 Å². The Bertz CT molecular complexity index is 949. The van der Waals surface area contributed by atoms with E-state index in [1.54, 1.807) is 0 Å². The maximum absolute atomic E-state index is 5.34. The van der Waals surface area contributed by atoms with Crippen LogP contribution in [0.3, 0.4) is 0 Å². The molecule has 0 unspecified atom stereocenters. The maximum Gasteiger partial charge on any atom is 0.214 e. The Hall–Kier alpha value is -2.20. The van der Waals surface area contributed by atoms with Gasteiger partial charge in [-0.25, -0.2) is 4.98 Å². The third-order valence-corrected chi connectivity index (χ3v) is 3.50. The molecule has 0 saturated heterocycles. The number of aromatic nitrogens is 3. The van der Waals surface area contributed by atoms with Crippen molar-refractivity contribution in [2.24, 2.45) is 0 Å². The molecule has 4 heteroatoms. The van der Waals surface area contributed by atoms with Crippen LogP contribution in [0.15, 0.2) is 48.5 Å². The average molecular weight is 251 g/mol. The van der Waals surface area contributed by atoms with Crippen LogP contribution in [0.4, 0.5) is 0 Å². The lowest BCUT2D eigenvalue weighted by atomic mass is 10.2. The van der Waals surface area contributed by atoms with Crippen LogP contribution in [0.5, 0.6) is 0 Å². The minimum absolute atomic E-state index is 0.636. The van der Waals surface area contributed by atoms with E-state index in [-0.39, 0.29) is 0 Å². The fraction of sp³-hybridized carbons (Fsp3) is 0. The van der Waals surface area contributed by atoms with E-state index >= 15 is 0 Å². The van der Waals surface area contributed by atoms with Gasteiger partial charge < -0.3 is 4.98 Å². The molecule has 18 heavy (non-hydrogen) atoms. The molecule has 0 aliphatic heterocycles. The fourth-order valence-corrected chi connectivity index (χ4v) is 2.65. The molecular weight excluding hydrogens is 242 g/mol. The van der Waals surface area contributed by atoms with Crippen LogP contribution in [0, 0.1) is 4.64 Å². The van der Waals surface area contributed by atoms with E-state index in [1.165, 1.54) is 0 Å². The first kappa shape index (κ1) is 9.79. The molecule has 0 radical (unpaired) electrons. The second-order valence-electron chi connectivity index (χ2n) is 4.24. The molecule has 4 rings (SSSR count). The first-order chi connectivity index (χ1) is 8.84. The number of fused-ring (bicyclic) bond motifs is 5. The lowest BCUT2D eigenvalue weighted by Crippen LogP contribution is -1.92. The zero-order chi connectivity index (χ0) is 12.1. The Morgan fingerprint density at radius 2 is 1.67 bits per heavy atom. The van der Waals surface area contributed by atoms with Gasteiger partial charge in [-0.15, -0.1) is 0 Å². The predicted molar refractivity (Wildman–Crippen MR) is 75.4 cm³/mol. The number of imidazole rings is 1. The quantitative estimate of drug-likeness (QED) is 0.483. The second kappa shape index (κ2) is 3.40. The van der Waals surface area contributed by atoms with Gasteiger partial charge >= 0.3 is 0 Å². The van der Waals surface area contributed by atoms with Gasteiger partial charge in [-0.2, -0.15) is 0 Å². The summed E-state index contributed by atoms with van der Waals surface area (Å²) in [5.74, 6) is 0.792.